The molecular weight excluding hydrogens is 1700 g/mol. The lowest BCUT2D eigenvalue weighted by Crippen LogP contribution is -2.25. The van der Waals surface area contributed by atoms with Crippen LogP contribution in [0.4, 0.5) is 0 Å². The van der Waals surface area contributed by atoms with E-state index in [-0.39, 0.29) is 0 Å². The largest absolute Gasteiger partial charge is 0.456 e. The van der Waals surface area contributed by atoms with Crippen molar-refractivity contribution in [1.82, 2.24) is 74.8 Å². The van der Waals surface area contributed by atoms with Crippen molar-refractivity contribution < 1.29 is 13.3 Å². The molecule has 12 aromatic heterocycles. The number of furan rings is 3. The molecule has 3 spiro atoms. The molecule has 12 heterocycles. The number of hydrogen-bond donors (Lipinski definition) is 0. The van der Waals surface area contributed by atoms with Gasteiger partial charge in [-0.3, -0.25) is 29.9 Å². The van der Waals surface area contributed by atoms with Crippen LogP contribution in [-0.2, 0) is 16.2 Å². The summed E-state index contributed by atoms with van der Waals surface area (Å²) >= 11 is 0. The first kappa shape index (κ1) is 77.9. The summed E-state index contributed by atoms with van der Waals surface area (Å²) in [6, 6.07) is 124. The first-order valence-corrected chi connectivity index (χ1v) is 45.7. The van der Waals surface area contributed by atoms with Crippen molar-refractivity contribution in [2.75, 3.05) is 0 Å². The van der Waals surface area contributed by atoms with Crippen molar-refractivity contribution in [3.63, 3.8) is 0 Å². The van der Waals surface area contributed by atoms with Crippen molar-refractivity contribution >= 4 is 32.9 Å². The highest BCUT2D eigenvalue weighted by molar-refractivity contribution is 6.08. The zero-order chi connectivity index (χ0) is 90.7. The average molecular weight is 1770 g/mol. The van der Waals surface area contributed by atoms with Gasteiger partial charge in [0.05, 0.1) is 16.2 Å². The number of aromatic nitrogens is 15. The Morgan fingerprint density at radius 1 is 0.181 bits per heavy atom. The molecule has 6 aliphatic carbocycles. The van der Waals surface area contributed by atoms with Crippen LogP contribution in [0.3, 0.4) is 0 Å². The smallest absolute Gasteiger partial charge is 0.182 e. The molecule has 0 saturated heterocycles. The van der Waals surface area contributed by atoms with Crippen molar-refractivity contribution in [2.45, 2.75) is 16.2 Å². The Morgan fingerprint density at radius 2 is 0.514 bits per heavy atom. The lowest BCUT2D eigenvalue weighted by molar-refractivity contribution is 0.628. The molecule has 24 aromatic rings. The van der Waals surface area contributed by atoms with E-state index in [0.717, 1.165) is 117 Å². The zero-order valence-electron chi connectivity index (χ0n) is 73.3. The minimum atomic E-state index is -0.568. The number of hydrogen-bond acceptors (Lipinski definition) is 18. The molecular formula is C120H69N15O3. The third-order valence-corrected chi connectivity index (χ3v) is 28.0. The van der Waals surface area contributed by atoms with Gasteiger partial charge in [0.15, 0.2) is 52.4 Å². The predicted molar refractivity (Wildman–Crippen MR) is 533 cm³/mol. The Balaban J connectivity index is 0.000000102. The van der Waals surface area contributed by atoms with Gasteiger partial charge < -0.3 is 13.3 Å². The van der Waals surface area contributed by atoms with Gasteiger partial charge in [0.1, 0.15) is 45.4 Å². The van der Waals surface area contributed by atoms with Crippen LogP contribution in [0.1, 0.15) is 66.8 Å². The van der Waals surface area contributed by atoms with E-state index in [1.54, 1.807) is 62.0 Å². The van der Waals surface area contributed by atoms with E-state index in [1.807, 2.05) is 103 Å². The Bertz CT molecular complexity index is 8730. The van der Waals surface area contributed by atoms with Crippen LogP contribution in [0.5, 0.6) is 0 Å². The summed E-state index contributed by atoms with van der Waals surface area (Å²) < 4.78 is 20.3. The first-order valence-electron chi connectivity index (χ1n) is 45.7. The molecule has 0 saturated carbocycles. The fourth-order valence-electron chi connectivity index (χ4n) is 22.5. The maximum absolute atomic E-state index is 6.85. The molecule has 0 N–H and O–H groups in total. The van der Waals surface area contributed by atoms with Crippen LogP contribution in [0, 0.1) is 0 Å². The van der Waals surface area contributed by atoms with Crippen molar-refractivity contribution in [2.24, 2.45) is 0 Å². The second-order valence-electron chi connectivity index (χ2n) is 35.0. The molecule has 0 fully saturated rings. The average Bonchev–Trinajstić information content (AvgIpc) is 1.50. The molecule has 18 heteroatoms. The topological polar surface area (TPSA) is 233 Å². The Hall–Kier alpha value is -18.8. The Morgan fingerprint density at radius 3 is 0.949 bits per heavy atom. The van der Waals surface area contributed by atoms with E-state index in [2.05, 4.69) is 285 Å². The molecule has 0 atom stereocenters. The van der Waals surface area contributed by atoms with Crippen molar-refractivity contribution in [1.29, 1.82) is 0 Å². The van der Waals surface area contributed by atoms with Crippen LogP contribution >= 0.6 is 0 Å². The van der Waals surface area contributed by atoms with Crippen LogP contribution in [-0.4, -0.2) is 74.8 Å². The second kappa shape index (κ2) is 30.6. The van der Waals surface area contributed by atoms with E-state index in [1.165, 1.54) is 89.0 Å². The molecule has 12 aromatic carbocycles. The molecule has 0 amide bonds. The van der Waals surface area contributed by atoms with Gasteiger partial charge in [0.25, 0.3) is 0 Å². The third kappa shape index (κ3) is 11.4. The van der Waals surface area contributed by atoms with Crippen LogP contribution in [0.15, 0.2) is 433 Å². The molecule has 0 radical (unpaired) electrons. The number of fused-ring (bicyclic) bond motifs is 36. The van der Waals surface area contributed by atoms with Crippen LogP contribution < -0.4 is 0 Å². The molecule has 642 valence electrons. The SMILES string of the molecule is c1ccc(-c2nc(-c3ccccn3)nc(-c3cccc4c3-c3oc5ccccc5c3C43c4ccccc4-c4ccccc43)n2)nc1.c1ccc2c(c1)-c1ccccc1C21c2cc(-c3nc(-c4ccncc4)nc(-c4ccncc4)n3)ccc2-c2oc3ccccc3c21.c1cncc(-c2nc(-c3cccnc3)nc(-c3ccc4c(c3)-c3oc5ccccc5c3C43c4ccccc4-c4ccccc43)n2)c1. The lowest BCUT2D eigenvalue weighted by atomic mass is 9.70. The zero-order valence-corrected chi connectivity index (χ0v) is 73.3. The van der Waals surface area contributed by atoms with Gasteiger partial charge in [-0.1, -0.05) is 255 Å². The van der Waals surface area contributed by atoms with E-state index >= 15 is 0 Å². The summed E-state index contributed by atoms with van der Waals surface area (Å²) in [7, 11) is 0. The molecule has 0 bridgehead atoms. The number of para-hydroxylation sites is 3. The summed E-state index contributed by atoms with van der Waals surface area (Å²) in [6.07, 6.45) is 17.5. The number of pyridine rings is 6. The van der Waals surface area contributed by atoms with Crippen molar-refractivity contribution in [3.05, 3.63) is 487 Å². The Labute approximate surface area is 788 Å². The number of rotatable bonds is 9. The van der Waals surface area contributed by atoms with Gasteiger partial charge in [-0.2, -0.15) is 0 Å². The lowest BCUT2D eigenvalue weighted by Gasteiger charge is -2.30. The standard InChI is InChI=1S/3C40H23N5O/c1-4-16-28-24(12-1)25-13-2-5-17-29(25)40(28)30-18-11-15-27(34(30)36-35(40)26-14-3-6-21-33(26)46-36)37-43-38(31-19-7-9-22-41-31)45-39(44-37)32-20-8-10-23-42-32;1-4-14-31-27(11-1)28-12-2-5-15-32(28)40(31)33-18-17-24(21-30(33)36-35(40)29-13-3-6-16-34(29)46-36)37-43-38(25-9-7-19-41-22-25)45-39(44-37)26-10-8-20-42-23-26;1-4-10-31-27(7-1)28-8-2-5-11-32(28)40(31)33-23-26(13-14-29(33)36-35(40)30-9-3-6-12-34(30)46-36)39-44-37(24-15-19-41-20-16-24)43-38(45-39)25-17-21-42-22-18-25/h3*1-23H. The highest BCUT2D eigenvalue weighted by Gasteiger charge is 2.58. The maximum Gasteiger partial charge on any atom is 0.182 e. The predicted octanol–water partition coefficient (Wildman–Crippen LogP) is 26.3. The normalized spacial score (nSPS) is 13.4. The van der Waals surface area contributed by atoms with Gasteiger partial charge in [0, 0.05) is 150 Å². The highest BCUT2D eigenvalue weighted by atomic mass is 16.3. The molecule has 30 rings (SSSR count). The second-order valence-corrected chi connectivity index (χ2v) is 35.0. The quantitative estimate of drug-likeness (QED) is 0.131. The summed E-state index contributed by atoms with van der Waals surface area (Å²) in [6.45, 7) is 0. The van der Waals surface area contributed by atoms with E-state index in [4.69, 9.17) is 58.1 Å². The molecule has 6 aliphatic rings. The minimum Gasteiger partial charge on any atom is -0.456 e. The first-order chi connectivity index (χ1) is 68.4. The summed E-state index contributed by atoms with van der Waals surface area (Å²) in [5.74, 6) is 7.60. The summed E-state index contributed by atoms with van der Waals surface area (Å²) in [5.41, 5.74) is 33.5. The number of nitrogens with zero attached hydrogens (tertiary/aromatic N) is 15. The van der Waals surface area contributed by atoms with Crippen molar-refractivity contribution in [3.8, 4) is 170 Å². The molecule has 138 heavy (non-hydrogen) atoms. The molecule has 18 nitrogen and oxygen atoms in total. The summed E-state index contributed by atoms with van der Waals surface area (Å²) in [4.78, 5) is 70.8. The third-order valence-electron chi connectivity index (χ3n) is 28.0. The van der Waals surface area contributed by atoms with Gasteiger partial charge in [-0.25, -0.2) is 44.9 Å². The monoisotopic (exact) mass is 1770 g/mol. The van der Waals surface area contributed by atoms with Crippen LogP contribution in [0.25, 0.3) is 203 Å². The number of benzene rings is 12. The molecule has 0 aliphatic heterocycles. The van der Waals surface area contributed by atoms with Crippen LogP contribution in [0.2, 0.25) is 0 Å². The minimum absolute atomic E-state index is 0.484. The van der Waals surface area contributed by atoms with Gasteiger partial charge in [-0.15, -0.1) is 0 Å². The molecule has 0 unspecified atom stereocenters. The van der Waals surface area contributed by atoms with E-state index in [0.29, 0.717) is 63.8 Å². The highest BCUT2D eigenvalue weighted by Crippen LogP contribution is 2.69. The van der Waals surface area contributed by atoms with E-state index in [9.17, 15) is 0 Å². The fraction of sp³-hybridized carbons (Fsp3) is 0.0250. The maximum atomic E-state index is 6.85. The van der Waals surface area contributed by atoms with Gasteiger partial charge >= 0.3 is 0 Å². The summed E-state index contributed by atoms with van der Waals surface area (Å²) in [5, 5.41) is 3.35. The van der Waals surface area contributed by atoms with E-state index < -0.39 is 16.2 Å². The fourth-order valence-corrected chi connectivity index (χ4v) is 22.5. The van der Waals surface area contributed by atoms with Gasteiger partial charge in [-0.05, 0) is 187 Å². The Kier molecular flexibility index (Phi) is 17.3. The van der Waals surface area contributed by atoms with Gasteiger partial charge in [0.2, 0.25) is 0 Å².